The molecular formula is C11H12N2O2. The van der Waals surface area contributed by atoms with E-state index in [1.807, 2.05) is 30.3 Å². The molecule has 0 bridgehead atoms. The van der Waals surface area contributed by atoms with Gasteiger partial charge in [-0.1, -0.05) is 18.2 Å². The number of nitrogens with zero attached hydrogens (tertiary/aromatic N) is 2. The van der Waals surface area contributed by atoms with E-state index in [-0.39, 0.29) is 0 Å². The molecular weight excluding hydrogens is 192 g/mol. The molecule has 4 nitrogen and oxygen atoms in total. The molecule has 0 fully saturated rings. The first kappa shape index (κ1) is 9.71. The number of hydroxylamine groups is 2. The minimum Gasteiger partial charge on any atom is -0.619 e. The smallest absolute Gasteiger partial charge is 0.425 e. The van der Waals surface area contributed by atoms with Crippen LogP contribution in [0.3, 0.4) is 0 Å². The predicted octanol–water partition coefficient (Wildman–Crippen LogP) is 1.32. The molecule has 0 aromatic heterocycles. The van der Waals surface area contributed by atoms with E-state index in [4.69, 9.17) is 0 Å². The van der Waals surface area contributed by atoms with Gasteiger partial charge in [-0.15, -0.1) is 9.48 Å². The van der Waals surface area contributed by atoms with Crippen molar-refractivity contribution in [2.75, 3.05) is 0 Å². The number of rotatable bonds is 1. The van der Waals surface area contributed by atoms with Gasteiger partial charge in [-0.05, 0) is 12.1 Å². The Hall–Kier alpha value is -1.84. The Morgan fingerprint density at radius 2 is 1.67 bits per heavy atom. The molecule has 4 heteroatoms. The van der Waals surface area contributed by atoms with Gasteiger partial charge in [-0.3, -0.25) is 0 Å². The fraction of sp³-hybridized carbons (Fsp3) is 0.273. The van der Waals surface area contributed by atoms with Crippen molar-refractivity contribution in [1.82, 2.24) is 0 Å². The van der Waals surface area contributed by atoms with E-state index < -0.39 is 5.54 Å². The summed E-state index contributed by atoms with van der Waals surface area (Å²) in [5.74, 6) is 0. The number of hydrogen-bond acceptors (Lipinski definition) is 2. The van der Waals surface area contributed by atoms with Crippen molar-refractivity contribution in [3.63, 3.8) is 0 Å². The maximum atomic E-state index is 11.6. The Bertz CT molecular complexity index is 447. The molecule has 78 valence electrons. The Labute approximate surface area is 88.0 Å². The van der Waals surface area contributed by atoms with Crippen molar-refractivity contribution in [3.8, 4) is 0 Å². The van der Waals surface area contributed by atoms with Gasteiger partial charge in [0, 0.05) is 13.8 Å². The van der Waals surface area contributed by atoms with Crippen molar-refractivity contribution in [1.29, 1.82) is 0 Å². The summed E-state index contributed by atoms with van der Waals surface area (Å²) in [7, 11) is 0. The molecule has 1 aliphatic rings. The Morgan fingerprint density at radius 3 is 2.13 bits per heavy atom. The van der Waals surface area contributed by atoms with E-state index in [1.54, 1.807) is 13.8 Å². The molecule has 0 spiro atoms. The monoisotopic (exact) mass is 204 g/mol. The summed E-state index contributed by atoms with van der Waals surface area (Å²) in [5.41, 5.74) is 0.466. The van der Waals surface area contributed by atoms with E-state index in [0.717, 1.165) is 11.9 Å². The molecule has 1 aromatic rings. The van der Waals surface area contributed by atoms with Crippen LogP contribution >= 0.6 is 0 Å². The minimum absolute atomic E-state index is 0.484. The lowest BCUT2D eigenvalue weighted by molar-refractivity contribution is -0.523. The fourth-order valence-electron chi connectivity index (χ4n) is 1.75. The lowest BCUT2D eigenvalue weighted by Gasteiger charge is -2.15. The fourth-order valence-corrected chi connectivity index (χ4v) is 1.75. The van der Waals surface area contributed by atoms with E-state index >= 15 is 0 Å². The lowest BCUT2D eigenvalue weighted by Crippen LogP contribution is -2.39. The van der Waals surface area contributed by atoms with Gasteiger partial charge >= 0.3 is 6.34 Å². The molecule has 0 atom stereocenters. The zero-order chi connectivity index (χ0) is 11.1. The van der Waals surface area contributed by atoms with Crippen LogP contribution in [0.5, 0.6) is 0 Å². The minimum atomic E-state index is -0.802. The second-order valence-electron chi connectivity index (χ2n) is 4.04. The highest BCUT2D eigenvalue weighted by molar-refractivity contribution is 6.04. The molecule has 0 saturated heterocycles. The van der Waals surface area contributed by atoms with Gasteiger partial charge in [-0.2, -0.15) is 0 Å². The average Bonchev–Trinajstić information content (AvgIpc) is 2.37. The van der Waals surface area contributed by atoms with Crippen LogP contribution in [0.4, 0.5) is 0 Å². The van der Waals surface area contributed by atoms with Crippen molar-refractivity contribution < 1.29 is 9.48 Å². The van der Waals surface area contributed by atoms with Gasteiger partial charge in [0.15, 0.2) is 0 Å². The SMILES string of the molecule is CC1(C)C(c2ccccc2)=[N+]([O-])C=[N+]1[O-]. The van der Waals surface area contributed by atoms with Crippen LogP contribution in [-0.2, 0) is 0 Å². The van der Waals surface area contributed by atoms with Crippen LogP contribution in [-0.4, -0.2) is 27.1 Å². The van der Waals surface area contributed by atoms with Crippen molar-refractivity contribution >= 4 is 12.1 Å². The van der Waals surface area contributed by atoms with Crippen molar-refractivity contribution in [2.24, 2.45) is 0 Å². The molecule has 2 rings (SSSR count). The Morgan fingerprint density at radius 1 is 1.07 bits per heavy atom. The summed E-state index contributed by atoms with van der Waals surface area (Å²) in [5, 5.41) is 23.1. The van der Waals surface area contributed by atoms with Gasteiger partial charge in [0.2, 0.25) is 0 Å². The molecule has 0 aliphatic carbocycles. The molecule has 1 heterocycles. The lowest BCUT2D eigenvalue weighted by atomic mass is 9.93. The third-order valence-electron chi connectivity index (χ3n) is 2.61. The third-order valence-corrected chi connectivity index (χ3v) is 2.61. The standard InChI is InChI=1S/C11H12N2O2/c1-11(2)10(12(14)8-13(11)15)9-6-4-3-5-7-9/h3-8H,1-2H3. The Kier molecular flexibility index (Phi) is 2.00. The largest absolute Gasteiger partial charge is 0.619 e. The highest BCUT2D eigenvalue weighted by Gasteiger charge is 2.46. The summed E-state index contributed by atoms with van der Waals surface area (Å²) in [6, 6.07) is 9.23. The first-order chi connectivity index (χ1) is 7.03. The predicted molar refractivity (Wildman–Crippen MR) is 57.9 cm³/mol. The molecule has 0 amide bonds. The average molecular weight is 204 g/mol. The Balaban J connectivity index is 2.53. The third kappa shape index (κ3) is 1.38. The molecule has 0 saturated carbocycles. The highest BCUT2D eigenvalue weighted by atomic mass is 16.5. The summed E-state index contributed by atoms with van der Waals surface area (Å²) in [6.45, 7) is 3.47. The maximum absolute atomic E-state index is 11.6. The van der Waals surface area contributed by atoms with Crippen LogP contribution in [0.2, 0.25) is 0 Å². The molecule has 1 aliphatic heterocycles. The van der Waals surface area contributed by atoms with Crippen LogP contribution in [0, 0.1) is 10.4 Å². The highest BCUT2D eigenvalue weighted by Crippen LogP contribution is 2.20. The molecule has 0 N–H and O–H groups in total. The second kappa shape index (κ2) is 3.08. The molecule has 1 aromatic carbocycles. The van der Waals surface area contributed by atoms with E-state index in [1.165, 1.54) is 0 Å². The van der Waals surface area contributed by atoms with E-state index in [0.29, 0.717) is 15.2 Å². The molecule has 0 unspecified atom stereocenters. The van der Waals surface area contributed by atoms with Crippen LogP contribution in [0.1, 0.15) is 19.4 Å². The zero-order valence-electron chi connectivity index (χ0n) is 8.68. The molecule has 15 heavy (non-hydrogen) atoms. The topological polar surface area (TPSA) is 52.1 Å². The van der Waals surface area contributed by atoms with Gasteiger partial charge in [-0.25, -0.2) is 0 Å². The zero-order valence-corrected chi connectivity index (χ0v) is 8.68. The van der Waals surface area contributed by atoms with Crippen molar-refractivity contribution in [3.05, 3.63) is 46.3 Å². The quantitative estimate of drug-likeness (QED) is 0.511. The van der Waals surface area contributed by atoms with Crippen LogP contribution in [0.25, 0.3) is 0 Å². The van der Waals surface area contributed by atoms with Crippen molar-refractivity contribution in [2.45, 2.75) is 19.4 Å². The van der Waals surface area contributed by atoms with E-state index in [2.05, 4.69) is 0 Å². The van der Waals surface area contributed by atoms with Crippen LogP contribution < -0.4 is 0 Å². The summed E-state index contributed by atoms with van der Waals surface area (Å²) in [4.78, 5) is 0. The van der Waals surface area contributed by atoms with Gasteiger partial charge in [0.1, 0.15) is 0 Å². The number of benzene rings is 1. The first-order valence-electron chi connectivity index (χ1n) is 4.74. The molecule has 0 radical (unpaired) electrons. The first-order valence-corrected chi connectivity index (χ1v) is 4.74. The van der Waals surface area contributed by atoms with Gasteiger partial charge < -0.3 is 10.4 Å². The van der Waals surface area contributed by atoms with Crippen LogP contribution in [0.15, 0.2) is 30.3 Å². The van der Waals surface area contributed by atoms with Gasteiger partial charge in [0.25, 0.3) is 11.3 Å². The second-order valence-corrected chi connectivity index (χ2v) is 4.04. The summed E-state index contributed by atoms with van der Waals surface area (Å²) >= 11 is 0. The summed E-state index contributed by atoms with van der Waals surface area (Å²) < 4.78 is 1.32. The number of hydrogen-bond donors (Lipinski definition) is 0. The van der Waals surface area contributed by atoms with Gasteiger partial charge in [0.05, 0.1) is 5.56 Å². The normalized spacial score (nSPS) is 19.2. The maximum Gasteiger partial charge on any atom is 0.425 e. The van der Waals surface area contributed by atoms with E-state index in [9.17, 15) is 10.4 Å². The summed E-state index contributed by atoms with van der Waals surface area (Å²) in [6.07, 6.45) is 1.03.